The number of nitrogens with zero attached hydrogens (tertiary/aromatic N) is 1. The van der Waals surface area contributed by atoms with E-state index < -0.39 is 6.04 Å². The lowest BCUT2D eigenvalue weighted by Gasteiger charge is -2.19. The van der Waals surface area contributed by atoms with Crippen LogP contribution in [0.3, 0.4) is 0 Å². The maximum atomic E-state index is 13.8. The van der Waals surface area contributed by atoms with Crippen molar-refractivity contribution in [3.05, 3.63) is 63.6 Å². The summed E-state index contributed by atoms with van der Waals surface area (Å²) in [4.78, 5) is 3.74. The highest BCUT2D eigenvalue weighted by molar-refractivity contribution is 9.10. The molecule has 2 rings (SSSR count). The van der Waals surface area contributed by atoms with Crippen LogP contribution >= 0.6 is 15.9 Å². The fourth-order valence-corrected chi connectivity index (χ4v) is 2.33. The van der Waals surface area contributed by atoms with Crippen LogP contribution in [0.2, 0.25) is 0 Å². The molecule has 1 atom stereocenters. The third-order valence-corrected chi connectivity index (χ3v) is 3.47. The molecule has 0 aliphatic rings. The maximum Gasteiger partial charge on any atom is 0.146 e. The maximum absolute atomic E-state index is 13.8. The average molecular weight is 310 g/mol. The number of halogens is 2. The van der Waals surface area contributed by atoms with E-state index in [9.17, 15) is 4.39 Å². The third kappa shape index (κ3) is 2.58. The van der Waals surface area contributed by atoms with E-state index in [2.05, 4.69) is 26.3 Å². The summed E-state index contributed by atoms with van der Waals surface area (Å²) >= 11 is 3.46. The van der Waals surface area contributed by atoms with Gasteiger partial charge in [-0.1, -0.05) is 33.6 Å². The summed E-state index contributed by atoms with van der Waals surface area (Å²) in [6.45, 7) is 1.98. The van der Waals surface area contributed by atoms with E-state index in [0.29, 0.717) is 5.56 Å². The van der Waals surface area contributed by atoms with Gasteiger partial charge in [-0.3, -0.25) is 10.8 Å². The van der Waals surface area contributed by atoms with Crippen LogP contribution in [0, 0.1) is 12.7 Å². The minimum atomic E-state index is -0.415. The van der Waals surface area contributed by atoms with Gasteiger partial charge in [-0.05, 0) is 24.6 Å². The van der Waals surface area contributed by atoms with Gasteiger partial charge in [0.25, 0.3) is 0 Å². The Labute approximate surface area is 113 Å². The van der Waals surface area contributed by atoms with Crippen molar-refractivity contribution in [2.45, 2.75) is 13.0 Å². The van der Waals surface area contributed by atoms with Gasteiger partial charge in [-0.15, -0.1) is 0 Å². The number of hydrogen-bond donors (Lipinski definition) is 2. The summed E-state index contributed by atoms with van der Waals surface area (Å²) in [5, 5.41) is 0. The van der Waals surface area contributed by atoms with Crippen molar-refractivity contribution in [2.24, 2.45) is 5.84 Å². The Morgan fingerprint density at radius 3 is 2.78 bits per heavy atom. The molecular formula is C13H13BrFN3. The first-order valence-electron chi connectivity index (χ1n) is 5.45. The first-order chi connectivity index (χ1) is 8.63. The van der Waals surface area contributed by atoms with Crippen LogP contribution in [-0.4, -0.2) is 4.98 Å². The van der Waals surface area contributed by atoms with E-state index in [1.54, 1.807) is 12.3 Å². The zero-order valence-corrected chi connectivity index (χ0v) is 11.4. The molecule has 0 spiro atoms. The van der Waals surface area contributed by atoms with Gasteiger partial charge in [0.2, 0.25) is 0 Å². The van der Waals surface area contributed by atoms with E-state index in [1.807, 2.05) is 25.1 Å². The van der Waals surface area contributed by atoms with E-state index in [0.717, 1.165) is 15.6 Å². The number of hydrogen-bond acceptors (Lipinski definition) is 3. The number of hydrazine groups is 1. The number of nitrogens with two attached hydrogens (primary N) is 1. The molecule has 3 N–H and O–H groups in total. The molecule has 0 aliphatic heterocycles. The van der Waals surface area contributed by atoms with Crippen molar-refractivity contribution in [1.29, 1.82) is 0 Å². The van der Waals surface area contributed by atoms with E-state index >= 15 is 0 Å². The lowest BCUT2D eigenvalue weighted by atomic mass is 9.98. The van der Waals surface area contributed by atoms with Crippen LogP contribution in [0.5, 0.6) is 0 Å². The van der Waals surface area contributed by atoms with Gasteiger partial charge in [0, 0.05) is 16.2 Å². The Bertz CT molecular complexity index is 560. The van der Waals surface area contributed by atoms with Crippen LogP contribution in [0.25, 0.3) is 0 Å². The number of aromatic nitrogens is 1. The zero-order chi connectivity index (χ0) is 13.1. The molecule has 0 amide bonds. The van der Waals surface area contributed by atoms with Crippen molar-refractivity contribution in [3.63, 3.8) is 0 Å². The van der Waals surface area contributed by atoms with Gasteiger partial charge in [0.15, 0.2) is 0 Å². The van der Waals surface area contributed by atoms with E-state index in [-0.39, 0.29) is 5.82 Å². The average Bonchev–Trinajstić information content (AvgIpc) is 2.36. The summed E-state index contributed by atoms with van der Waals surface area (Å²) < 4.78 is 14.7. The minimum absolute atomic E-state index is 0.381. The molecule has 94 valence electrons. The van der Waals surface area contributed by atoms with Crippen molar-refractivity contribution in [3.8, 4) is 0 Å². The first-order valence-corrected chi connectivity index (χ1v) is 6.24. The molecule has 1 aromatic carbocycles. The highest BCUT2D eigenvalue weighted by atomic mass is 79.9. The van der Waals surface area contributed by atoms with Crippen LogP contribution in [0.15, 0.2) is 41.1 Å². The van der Waals surface area contributed by atoms with Gasteiger partial charge in [0.1, 0.15) is 5.82 Å². The van der Waals surface area contributed by atoms with Crippen LogP contribution in [-0.2, 0) is 0 Å². The number of benzene rings is 1. The number of nitrogens with one attached hydrogen (secondary N) is 1. The zero-order valence-electron chi connectivity index (χ0n) is 9.82. The largest absolute Gasteiger partial charge is 0.271 e. The van der Waals surface area contributed by atoms with Crippen LogP contribution in [0.4, 0.5) is 4.39 Å². The minimum Gasteiger partial charge on any atom is -0.271 e. The van der Waals surface area contributed by atoms with E-state index in [4.69, 9.17) is 5.84 Å². The SMILES string of the molecule is Cc1ccc(Br)c(C(NN)c2ccncc2F)c1. The molecule has 3 nitrogen and oxygen atoms in total. The molecule has 18 heavy (non-hydrogen) atoms. The predicted octanol–water partition coefficient (Wildman–Crippen LogP) is 2.84. The Morgan fingerprint density at radius 1 is 1.33 bits per heavy atom. The lowest BCUT2D eigenvalue weighted by molar-refractivity contribution is 0.554. The number of aryl methyl sites for hydroxylation is 1. The molecule has 0 saturated heterocycles. The molecule has 1 aromatic heterocycles. The Balaban J connectivity index is 2.52. The van der Waals surface area contributed by atoms with Gasteiger partial charge >= 0.3 is 0 Å². The van der Waals surface area contributed by atoms with Gasteiger partial charge in [-0.25, -0.2) is 9.82 Å². The summed E-state index contributed by atoms with van der Waals surface area (Å²) in [6.07, 6.45) is 2.73. The second kappa shape index (κ2) is 5.56. The lowest BCUT2D eigenvalue weighted by Crippen LogP contribution is -2.30. The summed E-state index contributed by atoms with van der Waals surface area (Å²) in [5.41, 5.74) is 5.09. The normalized spacial score (nSPS) is 12.4. The summed E-state index contributed by atoms with van der Waals surface area (Å²) in [7, 11) is 0. The standard InChI is InChI=1S/C13H13BrFN3/c1-8-2-3-11(14)10(6-8)13(18-16)9-4-5-17-7-12(9)15/h2-7,13,18H,16H2,1H3. The first kappa shape index (κ1) is 13.1. The Kier molecular flexibility index (Phi) is 4.06. The van der Waals surface area contributed by atoms with Gasteiger partial charge in [0.05, 0.1) is 12.2 Å². The topological polar surface area (TPSA) is 50.9 Å². The van der Waals surface area contributed by atoms with Gasteiger partial charge < -0.3 is 0 Å². The third-order valence-electron chi connectivity index (χ3n) is 2.74. The molecule has 2 aromatic rings. The monoisotopic (exact) mass is 309 g/mol. The molecular weight excluding hydrogens is 297 g/mol. The van der Waals surface area contributed by atoms with Crippen molar-refractivity contribution >= 4 is 15.9 Å². The second-order valence-electron chi connectivity index (χ2n) is 4.02. The quantitative estimate of drug-likeness (QED) is 0.677. The van der Waals surface area contributed by atoms with Crippen LogP contribution < -0.4 is 11.3 Å². The molecule has 0 fully saturated rings. The van der Waals surface area contributed by atoms with Gasteiger partial charge in [-0.2, -0.15) is 0 Å². The fraction of sp³-hybridized carbons (Fsp3) is 0.154. The predicted molar refractivity (Wildman–Crippen MR) is 72.2 cm³/mol. The van der Waals surface area contributed by atoms with E-state index in [1.165, 1.54) is 6.20 Å². The summed E-state index contributed by atoms with van der Waals surface area (Å²) in [6, 6.07) is 7.07. The molecule has 0 radical (unpaired) electrons. The smallest absolute Gasteiger partial charge is 0.146 e. The van der Waals surface area contributed by atoms with Crippen molar-refractivity contribution < 1.29 is 4.39 Å². The Morgan fingerprint density at radius 2 is 2.11 bits per heavy atom. The second-order valence-corrected chi connectivity index (χ2v) is 4.88. The number of rotatable bonds is 3. The summed E-state index contributed by atoms with van der Waals surface area (Å²) in [5.74, 6) is 5.19. The highest BCUT2D eigenvalue weighted by Gasteiger charge is 2.18. The highest BCUT2D eigenvalue weighted by Crippen LogP contribution is 2.29. The molecule has 1 unspecified atom stereocenters. The molecule has 0 bridgehead atoms. The molecule has 1 heterocycles. The molecule has 0 saturated carbocycles. The van der Waals surface area contributed by atoms with Crippen molar-refractivity contribution in [1.82, 2.24) is 10.4 Å². The van der Waals surface area contributed by atoms with Crippen LogP contribution in [0.1, 0.15) is 22.7 Å². The van der Waals surface area contributed by atoms with Crippen molar-refractivity contribution in [2.75, 3.05) is 0 Å². The fourth-order valence-electron chi connectivity index (χ4n) is 1.85. The molecule has 0 aliphatic carbocycles. The Hall–Kier alpha value is -1.30. The molecule has 5 heteroatoms. The number of pyridine rings is 1.